The van der Waals surface area contributed by atoms with Crippen LogP contribution in [0.4, 0.5) is 0 Å². The monoisotopic (exact) mass is 238 g/mol. The van der Waals surface area contributed by atoms with Gasteiger partial charge in [0.1, 0.15) is 0 Å². The minimum absolute atomic E-state index is 0.398. The summed E-state index contributed by atoms with van der Waals surface area (Å²) in [5.41, 5.74) is 0. The Morgan fingerprint density at radius 1 is 1.24 bits per heavy atom. The number of hydrogen-bond donors (Lipinski definition) is 0. The minimum Gasteiger partial charge on any atom is -0.499 e. The molecule has 1 nitrogen and oxygen atoms in total. The Balaban J connectivity index is 1.99. The van der Waals surface area contributed by atoms with E-state index in [0.29, 0.717) is 6.10 Å². The molecular formula is C16H30O. The Bertz CT molecular complexity index is 192. The maximum Gasteiger partial charge on any atom is 0.0950 e. The first kappa shape index (κ1) is 14.6. The number of allylic oxidation sites excluding steroid dienone is 1. The van der Waals surface area contributed by atoms with Gasteiger partial charge in [0, 0.05) is 0 Å². The Hall–Kier alpha value is -0.460. The van der Waals surface area contributed by atoms with Gasteiger partial charge in [-0.05, 0) is 44.6 Å². The second kappa shape index (κ2) is 9.56. The van der Waals surface area contributed by atoms with Gasteiger partial charge in [-0.3, -0.25) is 0 Å². The van der Waals surface area contributed by atoms with Crippen molar-refractivity contribution in [1.29, 1.82) is 0 Å². The molecule has 0 N–H and O–H groups in total. The summed E-state index contributed by atoms with van der Waals surface area (Å²) < 4.78 is 5.70. The fourth-order valence-electron chi connectivity index (χ4n) is 2.59. The molecule has 0 saturated heterocycles. The Morgan fingerprint density at radius 3 is 2.71 bits per heavy atom. The van der Waals surface area contributed by atoms with E-state index >= 15 is 0 Å². The number of rotatable bonds is 8. The van der Waals surface area contributed by atoms with Crippen molar-refractivity contribution in [3.63, 3.8) is 0 Å². The van der Waals surface area contributed by atoms with Crippen LogP contribution in [0.5, 0.6) is 0 Å². The number of hydrogen-bond acceptors (Lipinski definition) is 1. The quantitative estimate of drug-likeness (QED) is 0.403. The Kier molecular flexibility index (Phi) is 8.21. The van der Waals surface area contributed by atoms with Crippen LogP contribution in [-0.2, 0) is 4.74 Å². The summed E-state index contributed by atoms with van der Waals surface area (Å²) in [4.78, 5) is 0. The summed E-state index contributed by atoms with van der Waals surface area (Å²) in [5.74, 6) is 0.985. The highest BCUT2D eigenvalue weighted by molar-refractivity contribution is 4.74. The van der Waals surface area contributed by atoms with Crippen molar-refractivity contribution < 1.29 is 4.74 Å². The smallest absolute Gasteiger partial charge is 0.0950 e. The van der Waals surface area contributed by atoms with Crippen molar-refractivity contribution in [1.82, 2.24) is 0 Å². The minimum atomic E-state index is 0.398. The molecule has 1 unspecified atom stereocenters. The number of unbranched alkanes of at least 4 members (excludes halogenated alkanes) is 2. The van der Waals surface area contributed by atoms with Crippen LogP contribution in [0, 0.1) is 5.92 Å². The molecule has 1 saturated carbocycles. The third-order valence-electron chi connectivity index (χ3n) is 3.84. The molecule has 1 heteroatoms. The SMILES string of the molecule is CCCCC=COC(C)CCC1CCCCC1. The zero-order valence-corrected chi connectivity index (χ0v) is 11.8. The van der Waals surface area contributed by atoms with Crippen LogP contribution in [0.25, 0.3) is 0 Å². The lowest BCUT2D eigenvalue weighted by molar-refractivity contribution is 0.139. The van der Waals surface area contributed by atoms with Crippen molar-refractivity contribution in [3.05, 3.63) is 12.3 Å². The van der Waals surface area contributed by atoms with Crippen LogP contribution < -0.4 is 0 Å². The van der Waals surface area contributed by atoms with Crippen LogP contribution in [0.1, 0.15) is 78.1 Å². The summed E-state index contributed by atoms with van der Waals surface area (Å²) in [6, 6.07) is 0. The largest absolute Gasteiger partial charge is 0.499 e. The zero-order chi connectivity index (χ0) is 12.3. The number of ether oxygens (including phenoxy) is 1. The van der Waals surface area contributed by atoms with Crippen LogP contribution in [0.3, 0.4) is 0 Å². The summed E-state index contributed by atoms with van der Waals surface area (Å²) in [7, 11) is 0. The van der Waals surface area contributed by atoms with E-state index in [1.54, 1.807) is 0 Å². The molecule has 0 aromatic heterocycles. The van der Waals surface area contributed by atoms with E-state index in [0.717, 1.165) is 12.3 Å². The van der Waals surface area contributed by atoms with Gasteiger partial charge < -0.3 is 4.74 Å². The molecule has 1 fully saturated rings. The second-order valence-corrected chi connectivity index (χ2v) is 5.54. The van der Waals surface area contributed by atoms with Gasteiger partial charge in [-0.25, -0.2) is 0 Å². The molecule has 17 heavy (non-hydrogen) atoms. The third-order valence-corrected chi connectivity index (χ3v) is 3.84. The van der Waals surface area contributed by atoms with E-state index < -0.39 is 0 Å². The highest BCUT2D eigenvalue weighted by atomic mass is 16.5. The Morgan fingerprint density at radius 2 is 2.00 bits per heavy atom. The fourth-order valence-corrected chi connectivity index (χ4v) is 2.59. The second-order valence-electron chi connectivity index (χ2n) is 5.54. The van der Waals surface area contributed by atoms with Gasteiger partial charge in [0.25, 0.3) is 0 Å². The average molecular weight is 238 g/mol. The molecule has 0 spiro atoms. The highest BCUT2D eigenvalue weighted by Gasteiger charge is 2.14. The predicted octanol–water partition coefficient (Wildman–Crippen LogP) is 5.46. The van der Waals surface area contributed by atoms with Gasteiger partial charge in [-0.2, -0.15) is 0 Å². The lowest BCUT2D eigenvalue weighted by Gasteiger charge is -2.22. The molecule has 0 heterocycles. The molecular weight excluding hydrogens is 208 g/mol. The summed E-state index contributed by atoms with van der Waals surface area (Å²) in [6.45, 7) is 4.43. The molecule has 0 radical (unpaired) electrons. The van der Waals surface area contributed by atoms with Crippen LogP contribution in [0.2, 0.25) is 0 Å². The molecule has 1 aliphatic rings. The van der Waals surface area contributed by atoms with E-state index in [2.05, 4.69) is 19.9 Å². The van der Waals surface area contributed by atoms with Crippen molar-refractivity contribution in [3.8, 4) is 0 Å². The molecule has 1 rings (SSSR count). The molecule has 1 atom stereocenters. The van der Waals surface area contributed by atoms with Crippen molar-refractivity contribution >= 4 is 0 Å². The maximum atomic E-state index is 5.70. The van der Waals surface area contributed by atoms with E-state index in [4.69, 9.17) is 4.74 Å². The first-order chi connectivity index (χ1) is 8.33. The highest BCUT2D eigenvalue weighted by Crippen LogP contribution is 2.27. The average Bonchev–Trinajstić information content (AvgIpc) is 2.37. The molecule has 0 aromatic rings. The van der Waals surface area contributed by atoms with E-state index in [1.165, 1.54) is 57.8 Å². The van der Waals surface area contributed by atoms with E-state index in [-0.39, 0.29) is 0 Å². The molecule has 0 aliphatic heterocycles. The van der Waals surface area contributed by atoms with E-state index in [9.17, 15) is 0 Å². The van der Waals surface area contributed by atoms with Crippen molar-refractivity contribution in [2.45, 2.75) is 84.2 Å². The van der Waals surface area contributed by atoms with Crippen LogP contribution in [0.15, 0.2) is 12.3 Å². The summed E-state index contributed by atoms with van der Waals surface area (Å²) >= 11 is 0. The summed E-state index contributed by atoms with van der Waals surface area (Å²) in [6.07, 6.45) is 18.1. The lowest BCUT2D eigenvalue weighted by Crippen LogP contribution is -2.11. The zero-order valence-electron chi connectivity index (χ0n) is 11.8. The normalized spacial score (nSPS) is 19.6. The summed E-state index contributed by atoms with van der Waals surface area (Å²) in [5, 5.41) is 0. The van der Waals surface area contributed by atoms with E-state index in [1.807, 2.05) is 6.26 Å². The topological polar surface area (TPSA) is 9.23 Å². The molecule has 1 aliphatic carbocycles. The van der Waals surface area contributed by atoms with Gasteiger partial charge in [-0.15, -0.1) is 0 Å². The van der Waals surface area contributed by atoms with Gasteiger partial charge in [-0.1, -0.05) is 45.4 Å². The van der Waals surface area contributed by atoms with Gasteiger partial charge in [0.2, 0.25) is 0 Å². The van der Waals surface area contributed by atoms with Crippen LogP contribution >= 0.6 is 0 Å². The van der Waals surface area contributed by atoms with Gasteiger partial charge >= 0.3 is 0 Å². The van der Waals surface area contributed by atoms with Crippen LogP contribution in [-0.4, -0.2) is 6.10 Å². The first-order valence-corrected chi connectivity index (χ1v) is 7.63. The molecule has 0 bridgehead atoms. The molecule has 100 valence electrons. The molecule has 0 amide bonds. The fraction of sp³-hybridized carbons (Fsp3) is 0.875. The first-order valence-electron chi connectivity index (χ1n) is 7.63. The van der Waals surface area contributed by atoms with Gasteiger partial charge in [0.05, 0.1) is 12.4 Å². The Labute approximate surface area is 108 Å². The van der Waals surface area contributed by atoms with Gasteiger partial charge in [0.15, 0.2) is 0 Å². The standard InChI is InChI=1S/C16H30O/c1-3-4-5-9-14-17-15(2)12-13-16-10-7-6-8-11-16/h9,14-16H,3-8,10-13H2,1-2H3. The van der Waals surface area contributed by atoms with Crippen molar-refractivity contribution in [2.24, 2.45) is 5.92 Å². The lowest BCUT2D eigenvalue weighted by atomic mass is 9.85. The maximum absolute atomic E-state index is 5.70. The third kappa shape index (κ3) is 7.46. The predicted molar refractivity (Wildman–Crippen MR) is 75.0 cm³/mol. The van der Waals surface area contributed by atoms with Crippen molar-refractivity contribution in [2.75, 3.05) is 0 Å². The molecule has 0 aromatic carbocycles.